The number of nitrogens with zero attached hydrogens (tertiary/aromatic N) is 2. The lowest BCUT2D eigenvalue weighted by Gasteiger charge is -2.25. The maximum absolute atomic E-state index is 13.7. The van der Waals surface area contributed by atoms with Crippen molar-refractivity contribution in [2.45, 2.75) is 58.4 Å². The first-order valence-electron chi connectivity index (χ1n) is 7.12. The summed E-state index contributed by atoms with van der Waals surface area (Å²) in [5, 5.41) is 3.47. The van der Waals surface area contributed by atoms with Crippen LogP contribution in [0, 0.1) is 0 Å². The topological polar surface area (TPSA) is 27.6 Å². The van der Waals surface area contributed by atoms with Crippen LogP contribution in [-0.4, -0.2) is 24.9 Å². The normalized spacial score (nSPS) is 22.7. The van der Waals surface area contributed by atoms with Crippen molar-refractivity contribution in [3.63, 3.8) is 0 Å². The summed E-state index contributed by atoms with van der Waals surface area (Å²) in [6.07, 6.45) is 7.86. The Balaban J connectivity index is 2.36. The van der Waals surface area contributed by atoms with E-state index in [9.17, 15) is 4.48 Å². The SMILES string of the molecule is [B]N(F)C1=C(CC)CC=C(CC)NC1=NC1CCC1. The molecular weight excluding hydrogens is 240 g/mol. The first-order chi connectivity index (χ1) is 9.15. The van der Waals surface area contributed by atoms with Gasteiger partial charge in [-0.2, -0.15) is 0 Å². The highest BCUT2D eigenvalue weighted by Crippen LogP contribution is 2.26. The first kappa shape index (κ1) is 14.2. The van der Waals surface area contributed by atoms with Crippen molar-refractivity contribution in [2.75, 3.05) is 0 Å². The molecule has 1 heterocycles. The van der Waals surface area contributed by atoms with Crippen LogP contribution in [0.2, 0.25) is 0 Å². The molecule has 0 aromatic rings. The molecule has 1 N–H and O–H groups in total. The molecule has 3 nitrogen and oxygen atoms in total. The smallest absolute Gasteiger partial charge is 0.279 e. The average molecular weight is 261 g/mol. The fourth-order valence-electron chi connectivity index (χ4n) is 2.36. The number of hydrogen-bond acceptors (Lipinski definition) is 2. The summed E-state index contributed by atoms with van der Waals surface area (Å²) >= 11 is 0. The monoisotopic (exact) mass is 261 g/mol. The summed E-state index contributed by atoms with van der Waals surface area (Å²) in [5.74, 6) is 0.595. The van der Waals surface area contributed by atoms with Gasteiger partial charge < -0.3 is 5.32 Å². The van der Waals surface area contributed by atoms with Gasteiger partial charge in [-0.05, 0) is 44.1 Å². The lowest BCUT2D eigenvalue weighted by Crippen LogP contribution is -2.33. The van der Waals surface area contributed by atoms with Crippen LogP contribution in [0.4, 0.5) is 4.48 Å². The minimum Gasteiger partial charge on any atom is -0.343 e. The van der Waals surface area contributed by atoms with Crippen molar-refractivity contribution < 1.29 is 4.48 Å². The fraction of sp³-hybridized carbons (Fsp3) is 0.643. The molecular formula is C14H21BFN3. The van der Waals surface area contributed by atoms with E-state index in [0.29, 0.717) is 17.6 Å². The Labute approximate surface area is 116 Å². The predicted molar refractivity (Wildman–Crippen MR) is 77.2 cm³/mol. The maximum Gasteiger partial charge on any atom is 0.279 e. The fourth-order valence-corrected chi connectivity index (χ4v) is 2.36. The summed E-state index contributed by atoms with van der Waals surface area (Å²) in [5.41, 5.74) is 2.48. The number of nitrogens with one attached hydrogen (secondary N) is 1. The minimum atomic E-state index is 0.218. The summed E-state index contributed by atoms with van der Waals surface area (Å²) in [6, 6.07) is 0.312. The van der Waals surface area contributed by atoms with Crippen LogP contribution >= 0.6 is 0 Å². The molecule has 2 rings (SSSR count). The third-order valence-electron chi connectivity index (χ3n) is 3.84. The minimum absolute atomic E-state index is 0.218. The molecule has 0 spiro atoms. The molecule has 0 unspecified atom stereocenters. The molecule has 0 bridgehead atoms. The number of halogens is 1. The first-order valence-corrected chi connectivity index (χ1v) is 7.12. The van der Waals surface area contributed by atoms with Gasteiger partial charge in [0, 0.05) is 5.70 Å². The Morgan fingerprint density at radius 1 is 1.42 bits per heavy atom. The van der Waals surface area contributed by atoms with Crippen LogP contribution < -0.4 is 5.32 Å². The second-order valence-corrected chi connectivity index (χ2v) is 5.09. The van der Waals surface area contributed by atoms with E-state index in [1.165, 1.54) is 6.42 Å². The van der Waals surface area contributed by atoms with E-state index in [1.54, 1.807) is 0 Å². The molecule has 0 aromatic carbocycles. The Bertz CT molecular complexity index is 422. The van der Waals surface area contributed by atoms with Gasteiger partial charge in [0.05, 0.1) is 11.7 Å². The molecule has 5 heteroatoms. The summed E-state index contributed by atoms with van der Waals surface area (Å²) in [4.78, 5) is 4.65. The summed E-state index contributed by atoms with van der Waals surface area (Å²) in [7, 11) is 5.38. The van der Waals surface area contributed by atoms with Gasteiger partial charge in [0.15, 0.2) is 0 Å². The van der Waals surface area contributed by atoms with E-state index in [2.05, 4.69) is 23.3 Å². The molecule has 2 aliphatic rings. The van der Waals surface area contributed by atoms with E-state index in [-0.39, 0.29) is 5.03 Å². The van der Waals surface area contributed by atoms with Crippen molar-refractivity contribution in [3.8, 4) is 0 Å². The lowest BCUT2D eigenvalue weighted by atomic mass is 9.93. The molecule has 1 aliphatic carbocycles. The summed E-state index contributed by atoms with van der Waals surface area (Å²) in [6.45, 7) is 4.09. The van der Waals surface area contributed by atoms with Crippen LogP contribution in [0.25, 0.3) is 0 Å². The lowest BCUT2D eigenvalue weighted by molar-refractivity contribution is 0.203. The Morgan fingerprint density at radius 2 is 2.16 bits per heavy atom. The zero-order valence-corrected chi connectivity index (χ0v) is 11.7. The van der Waals surface area contributed by atoms with Gasteiger partial charge in [-0.15, -0.1) is 4.48 Å². The number of aliphatic imine (C=N–C) groups is 1. The zero-order chi connectivity index (χ0) is 13.8. The van der Waals surface area contributed by atoms with Crippen molar-refractivity contribution >= 4 is 13.8 Å². The van der Waals surface area contributed by atoms with Gasteiger partial charge >= 0.3 is 0 Å². The van der Waals surface area contributed by atoms with E-state index in [0.717, 1.165) is 43.4 Å². The van der Waals surface area contributed by atoms with Crippen LogP contribution in [0.3, 0.4) is 0 Å². The molecule has 1 fully saturated rings. The standard InChI is InChI=1S/C14H21BFN3/c1-3-10-8-9-11(4-2)17-14(13(10)19(15)16)18-12-6-5-7-12/h9,12H,3-8H2,1-2H3,(H,17,18). The second-order valence-electron chi connectivity index (χ2n) is 5.09. The molecule has 1 aliphatic heterocycles. The van der Waals surface area contributed by atoms with Crippen molar-refractivity contribution in [2.24, 2.45) is 4.99 Å². The largest absolute Gasteiger partial charge is 0.343 e. The number of rotatable bonds is 4. The van der Waals surface area contributed by atoms with Gasteiger partial charge in [-0.25, -0.2) is 0 Å². The predicted octanol–water partition coefficient (Wildman–Crippen LogP) is 3.16. The van der Waals surface area contributed by atoms with E-state index >= 15 is 0 Å². The Kier molecular flexibility index (Phi) is 4.67. The molecule has 0 amide bonds. The zero-order valence-electron chi connectivity index (χ0n) is 11.7. The van der Waals surface area contributed by atoms with E-state index < -0.39 is 0 Å². The van der Waals surface area contributed by atoms with Gasteiger partial charge in [0.25, 0.3) is 7.98 Å². The summed E-state index contributed by atoms with van der Waals surface area (Å²) < 4.78 is 13.7. The quantitative estimate of drug-likeness (QED) is 0.621. The van der Waals surface area contributed by atoms with Gasteiger partial charge in [0.1, 0.15) is 5.84 Å². The molecule has 19 heavy (non-hydrogen) atoms. The Morgan fingerprint density at radius 3 is 2.63 bits per heavy atom. The molecule has 102 valence electrons. The third kappa shape index (κ3) is 3.20. The second kappa shape index (κ2) is 6.26. The van der Waals surface area contributed by atoms with Crippen LogP contribution in [0.5, 0.6) is 0 Å². The van der Waals surface area contributed by atoms with E-state index in [4.69, 9.17) is 7.98 Å². The van der Waals surface area contributed by atoms with Crippen LogP contribution in [-0.2, 0) is 0 Å². The average Bonchev–Trinajstić information content (AvgIpc) is 2.52. The van der Waals surface area contributed by atoms with Crippen molar-refractivity contribution in [3.05, 3.63) is 23.0 Å². The van der Waals surface area contributed by atoms with Crippen molar-refractivity contribution in [1.82, 2.24) is 10.3 Å². The van der Waals surface area contributed by atoms with Gasteiger partial charge in [-0.1, -0.05) is 19.9 Å². The number of hydrogen-bond donors (Lipinski definition) is 1. The highest BCUT2D eigenvalue weighted by atomic mass is 19.2. The molecule has 1 saturated carbocycles. The Hall–Kier alpha value is -1.26. The van der Waals surface area contributed by atoms with Gasteiger partial charge in [-0.3, -0.25) is 10.0 Å². The van der Waals surface area contributed by atoms with E-state index in [1.807, 2.05) is 6.92 Å². The van der Waals surface area contributed by atoms with Crippen molar-refractivity contribution in [1.29, 1.82) is 0 Å². The molecule has 2 radical (unpaired) electrons. The third-order valence-corrected chi connectivity index (χ3v) is 3.84. The number of allylic oxidation sites excluding steroid dienone is 3. The van der Waals surface area contributed by atoms with Gasteiger partial charge in [0.2, 0.25) is 0 Å². The number of amidine groups is 1. The molecule has 0 aromatic heterocycles. The van der Waals surface area contributed by atoms with Crippen LogP contribution in [0.15, 0.2) is 28.0 Å². The highest BCUT2D eigenvalue weighted by molar-refractivity contribution is 6.11. The van der Waals surface area contributed by atoms with Crippen LogP contribution in [0.1, 0.15) is 52.4 Å². The maximum atomic E-state index is 13.7. The molecule has 0 saturated heterocycles. The highest BCUT2D eigenvalue weighted by Gasteiger charge is 2.23. The molecule has 0 atom stereocenters.